The summed E-state index contributed by atoms with van der Waals surface area (Å²) in [7, 11) is -3.65. The number of aromatic nitrogens is 2. The summed E-state index contributed by atoms with van der Waals surface area (Å²) in [5.41, 5.74) is 1.96. The minimum atomic E-state index is -3.65. The molecular formula is C19H27N5O2S. The number of nitrogens with zero attached hydrogens (tertiary/aromatic N) is 3. The first-order valence-corrected chi connectivity index (χ1v) is 10.8. The van der Waals surface area contributed by atoms with Gasteiger partial charge in [-0.25, -0.2) is 18.5 Å². The van der Waals surface area contributed by atoms with E-state index in [0.717, 1.165) is 42.5 Å². The number of nitrogens with one attached hydrogen (secondary N) is 1. The number of hydrogen-bond donors (Lipinski definition) is 2. The molecule has 1 aromatic heterocycles. The minimum Gasteiger partial charge on any atom is -0.356 e. The van der Waals surface area contributed by atoms with E-state index in [1.165, 1.54) is 25.0 Å². The van der Waals surface area contributed by atoms with Crippen molar-refractivity contribution in [1.29, 1.82) is 0 Å². The molecule has 7 nitrogen and oxygen atoms in total. The van der Waals surface area contributed by atoms with Crippen molar-refractivity contribution in [3.63, 3.8) is 0 Å². The molecule has 1 aliphatic heterocycles. The maximum Gasteiger partial charge on any atom is 0.238 e. The van der Waals surface area contributed by atoms with Crippen LogP contribution in [0.15, 0.2) is 35.2 Å². The Morgan fingerprint density at radius 2 is 1.85 bits per heavy atom. The van der Waals surface area contributed by atoms with Crippen molar-refractivity contribution < 1.29 is 8.42 Å². The fourth-order valence-electron chi connectivity index (χ4n) is 3.20. The van der Waals surface area contributed by atoms with E-state index in [1.54, 1.807) is 12.1 Å². The average Bonchev–Trinajstić information content (AvgIpc) is 2.61. The van der Waals surface area contributed by atoms with Gasteiger partial charge in [-0.15, -0.1) is 0 Å². The van der Waals surface area contributed by atoms with Crippen LogP contribution in [-0.4, -0.2) is 38.0 Å². The second-order valence-corrected chi connectivity index (χ2v) is 8.79. The lowest BCUT2D eigenvalue weighted by Gasteiger charge is -2.31. The van der Waals surface area contributed by atoms with Gasteiger partial charge in [-0.05, 0) is 49.8 Å². The van der Waals surface area contributed by atoms with E-state index < -0.39 is 10.0 Å². The number of hydrogen-bond acceptors (Lipinski definition) is 6. The van der Waals surface area contributed by atoms with Crippen molar-refractivity contribution >= 4 is 21.8 Å². The normalized spacial score (nSPS) is 15.7. The second-order valence-electron chi connectivity index (χ2n) is 7.23. The molecule has 0 unspecified atom stereocenters. The quantitative estimate of drug-likeness (QED) is 0.786. The molecule has 0 amide bonds. The largest absolute Gasteiger partial charge is 0.356 e. The van der Waals surface area contributed by atoms with Crippen molar-refractivity contribution in [2.24, 2.45) is 11.1 Å². The van der Waals surface area contributed by atoms with Gasteiger partial charge in [0.15, 0.2) is 0 Å². The molecule has 1 aromatic carbocycles. The Morgan fingerprint density at radius 3 is 2.48 bits per heavy atom. The number of anilines is 2. The van der Waals surface area contributed by atoms with E-state index in [0.29, 0.717) is 12.5 Å². The van der Waals surface area contributed by atoms with Gasteiger partial charge in [0.2, 0.25) is 16.0 Å². The SMILES string of the molecule is Cc1cc(N2CCC(C)CC2)nc(NCCc2ccc(S(N)(=O)=O)cc2)n1. The first-order chi connectivity index (χ1) is 12.8. The van der Waals surface area contributed by atoms with Crippen LogP contribution in [0.4, 0.5) is 11.8 Å². The number of aryl methyl sites for hydroxylation is 1. The van der Waals surface area contributed by atoms with Gasteiger partial charge in [0.1, 0.15) is 5.82 Å². The third-order valence-corrected chi connectivity index (χ3v) is 5.83. The van der Waals surface area contributed by atoms with Crippen molar-refractivity contribution in [2.45, 2.75) is 38.0 Å². The maximum atomic E-state index is 11.3. The van der Waals surface area contributed by atoms with Crippen molar-refractivity contribution in [3.05, 3.63) is 41.6 Å². The lowest BCUT2D eigenvalue weighted by Crippen LogP contribution is -2.33. The van der Waals surface area contributed by atoms with Gasteiger partial charge in [-0.1, -0.05) is 19.1 Å². The molecule has 0 radical (unpaired) electrons. The standard InChI is InChI=1S/C19H27N5O2S/c1-14-8-11-24(12-9-14)18-13-15(2)22-19(23-18)21-10-7-16-3-5-17(6-4-16)27(20,25)26/h3-6,13-14H,7-12H2,1-2H3,(H2,20,25,26)(H,21,22,23). The number of nitrogens with two attached hydrogens (primary N) is 1. The molecule has 0 aliphatic carbocycles. The van der Waals surface area contributed by atoms with Crippen LogP contribution in [-0.2, 0) is 16.4 Å². The number of piperidine rings is 1. The molecule has 0 saturated carbocycles. The summed E-state index contributed by atoms with van der Waals surface area (Å²) in [6.45, 7) is 7.01. The maximum absolute atomic E-state index is 11.3. The van der Waals surface area contributed by atoms with Crippen LogP contribution >= 0.6 is 0 Å². The number of benzene rings is 1. The van der Waals surface area contributed by atoms with Gasteiger partial charge in [-0.2, -0.15) is 4.98 Å². The van der Waals surface area contributed by atoms with Gasteiger partial charge in [0.05, 0.1) is 4.90 Å². The first-order valence-electron chi connectivity index (χ1n) is 9.27. The first kappa shape index (κ1) is 19.6. The molecule has 1 saturated heterocycles. The zero-order valence-corrected chi connectivity index (χ0v) is 16.7. The molecule has 0 bridgehead atoms. The number of primary sulfonamides is 1. The Kier molecular flexibility index (Phi) is 5.96. The van der Waals surface area contributed by atoms with E-state index >= 15 is 0 Å². The Labute approximate surface area is 161 Å². The minimum absolute atomic E-state index is 0.127. The molecule has 3 N–H and O–H groups in total. The lowest BCUT2D eigenvalue weighted by molar-refractivity contribution is 0.436. The van der Waals surface area contributed by atoms with Crippen molar-refractivity contribution in [3.8, 4) is 0 Å². The third kappa shape index (κ3) is 5.40. The third-order valence-electron chi connectivity index (χ3n) is 4.90. The van der Waals surface area contributed by atoms with E-state index in [9.17, 15) is 8.42 Å². The fourth-order valence-corrected chi connectivity index (χ4v) is 3.71. The Balaban J connectivity index is 1.59. The topological polar surface area (TPSA) is 101 Å². The van der Waals surface area contributed by atoms with E-state index in [1.807, 2.05) is 13.0 Å². The van der Waals surface area contributed by atoms with Gasteiger partial charge in [0.25, 0.3) is 0 Å². The highest BCUT2D eigenvalue weighted by atomic mass is 32.2. The van der Waals surface area contributed by atoms with Crippen LogP contribution in [0.2, 0.25) is 0 Å². The summed E-state index contributed by atoms with van der Waals surface area (Å²) >= 11 is 0. The highest BCUT2D eigenvalue weighted by molar-refractivity contribution is 7.89. The molecule has 0 spiro atoms. The predicted octanol–water partition coefficient (Wildman–Crippen LogP) is 2.32. The molecule has 2 heterocycles. The molecule has 2 aromatic rings. The van der Waals surface area contributed by atoms with Crippen molar-refractivity contribution in [1.82, 2.24) is 9.97 Å². The average molecular weight is 390 g/mol. The Bertz CT molecular complexity index is 875. The fraction of sp³-hybridized carbons (Fsp3) is 0.474. The summed E-state index contributed by atoms with van der Waals surface area (Å²) in [5.74, 6) is 2.39. The summed E-state index contributed by atoms with van der Waals surface area (Å²) in [4.78, 5) is 11.6. The molecular weight excluding hydrogens is 362 g/mol. The zero-order valence-electron chi connectivity index (χ0n) is 15.9. The monoisotopic (exact) mass is 389 g/mol. The van der Waals surface area contributed by atoms with Crippen LogP contribution in [0.1, 0.15) is 31.0 Å². The molecule has 0 atom stereocenters. The van der Waals surface area contributed by atoms with E-state index in [-0.39, 0.29) is 4.90 Å². The van der Waals surface area contributed by atoms with Crippen LogP contribution in [0.5, 0.6) is 0 Å². The van der Waals surface area contributed by atoms with Crippen LogP contribution in [0.3, 0.4) is 0 Å². The lowest BCUT2D eigenvalue weighted by atomic mass is 9.99. The van der Waals surface area contributed by atoms with E-state index in [4.69, 9.17) is 5.14 Å². The van der Waals surface area contributed by atoms with E-state index in [2.05, 4.69) is 27.1 Å². The number of sulfonamides is 1. The molecule has 146 valence electrons. The van der Waals surface area contributed by atoms with Gasteiger partial charge >= 0.3 is 0 Å². The summed E-state index contributed by atoms with van der Waals surface area (Å²) < 4.78 is 22.6. The number of rotatable bonds is 6. The molecule has 1 fully saturated rings. The van der Waals surface area contributed by atoms with Crippen LogP contribution in [0.25, 0.3) is 0 Å². The van der Waals surface area contributed by atoms with Gasteiger partial charge in [-0.3, -0.25) is 0 Å². The summed E-state index contributed by atoms with van der Waals surface area (Å²) in [5, 5.41) is 8.39. The van der Waals surface area contributed by atoms with Crippen LogP contribution < -0.4 is 15.4 Å². The van der Waals surface area contributed by atoms with Gasteiger partial charge < -0.3 is 10.2 Å². The molecule has 1 aliphatic rings. The van der Waals surface area contributed by atoms with Crippen LogP contribution in [0, 0.1) is 12.8 Å². The smallest absolute Gasteiger partial charge is 0.238 e. The predicted molar refractivity (Wildman–Crippen MR) is 107 cm³/mol. The highest BCUT2D eigenvalue weighted by Crippen LogP contribution is 2.22. The molecule has 8 heteroatoms. The summed E-state index contributed by atoms with van der Waals surface area (Å²) in [6, 6.07) is 8.65. The van der Waals surface area contributed by atoms with Gasteiger partial charge in [0, 0.05) is 31.4 Å². The Morgan fingerprint density at radius 1 is 1.19 bits per heavy atom. The molecule has 27 heavy (non-hydrogen) atoms. The second kappa shape index (κ2) is 8.22. The van der Waals surface area contributed by atoms with Crippen molar-refractivity contribution in [2.75, 3.05) is 29.9 Å². The molecule has 3 rings (SSSR count). The Hall–Kier alpha value is -2.19. The zero-order chi connectivity index (χ0) is 19.4. The summed E-state index contributed by atoms with van der Waals surface area (Å²) in [6.07, 6.45) is 3.12. The highest BCUT2D eigenvalue weighted by Gasteiger charge is 2.18.